The van der Waals surface area contributed by atoms with Crippen LogP contribution in [0.4, 0.5) is 18.9 Å². The van der Waals surface area contributed by atoms with Gasteiger partial charge in [0.15, 0.2) is 5.69 Å². The molecule has 0 bridgehead atoms. The Balaban J connectivity index is 1.71. The van der Waals surface area contributed by atoms with E-state index in [1.54, 1.807) is 37.6 Å². The van der Waals surface area contributed by atoms with Crippen LogP contribution in [0.25, 0.3) is 5.69 Å². The van der Waals surface area contributed by atoms with Crippen molar-refractivity contribution >= 4 is 11.6 Å². The highest BCUT2D eigenvalue weighted by Gasteiger charge is 2.30. The van der Waals surface area contributed by atoms with E-state index in [-0.39, 0.29) is 11.4 Å². The Bertz CT molecular complexity index is 901. The summed E-state index contributed by atoms with van der Waals surface area (Å²) >= 11 is 0. The Kier molecular flexibility index (Phi) is 4.66. The maximum Gasteiger partial charge on any atom is 0.416 e. The molecule has 1 amide bonds. The van der Waals surface area contributed by atoms with Crippen molar-refractivity contribution in [2.24, 2.45) is 0 Å². The highest BCUT2D eigenvalue weighted by atomic mass is 19.4. The molecule has 2 aromatic carbocycles. The molecule has 0 aliphatic rings. The van der Waals surface area contributed by atoms with E-state index in [0.29, 0.717) is 5.75 Å². The third kappa shape index (κ3) is 3.85. The van der Waals surface area contributed by atoms with E-state index >= 15 is 0 Å². The van der Waals surface area contributed by atoms with E-state index in [1.165, 1.54) is 22.9 Å². The summed E-state index contributed by atoms with van der Waals surface area (Å²) in [6, 6.07) is 12.8. The lowest BCUT2D eigenvalue weighted by Gasteiger charge is -2.08. The lowest BCUT2D eigenvalue weighted by Crippen LogP contribution is -2.13. The van der Waals surface area contributed by atoms with Gasteiger partial charge in [0.1, 0.15) is 5.75 Å². The molecule has 0 atom stereocenters. The molecular weight excluding hydrogens is 347 g/mol. The van der Waals surface area contributed by atoms with Crippen molar-refractivity contribution < 1.29 is 22.7 Å². The zero-order chi connectivity index (χ0) is 18.7. The number of anilines is 1. The van der Waals surface area contributed by atoms with Crippen LogP contribution in [0.5, 0.6) is 5.75 Å². The predicted octanol–water partition coefficient (Wildman–Crippen LogP) is 4.15. The number of rotatable bonds is 4. The third-order valence-electron chi connectivity index (χ3n) is 3.63. The van der Waals surface area contributed by atoms with Crippen LogP contribution < -0.4 is 10.1 Å². The number of benzene rings is 2. The monoisotopic (exact) mass is 361 g/mol. The van der Waals surface area contributed by atoms with Gasteiger partial charge in [-0.2, -0.15) is 18.3 Å². The van der Waals surface area contributed by atoms with Gasteiger partial charge in [0.05, 0.1) is 18.4 Å². The number of amides is 1. The minimum atomic E-state index is -4.42. The molecule has 134 valence electrons. The summed E-state index contributed by atoms with van der Waals surface area (Å²) in [5.41, 5.74) is 0.348. The zero-order valence-electron chi connectivity index (χ0n) is 13.6. The second kappa shape index (κ2) is 6.91. The molecule has 0 aliphatic carbocycles. The number of hydrogen-bond donors (Lipinski definition) is 1. The Morgan fingerprint density at radius 2 is 1.69 bits per heavy atom. The molecule has 5 nitrogen and oxygen atoms in total. The van der Waals surface area contributed by atoms with Crippen molar-refractivity contribution in [3.05, 3.63) is 72.1 Å². The SMILES string of the molecule is COc1ccc(-n2ccc(C(=O)Nc3ccc(C(F)(F)F)cc3)n2)cc1. The van der Waals surface area contributed by atoms with E-state index in [0.717, 1.165) is 17.8 Å². The molecule has 0 saturated heterocycles. The second-order valence-electron chi connectivity index (χ2n) is 5.37. The molecule has 3 aromatic rings. The van der Waals surface area contributed by atoms with Crippen LogP contribution in [0.3, 0.4) is 0 Å². The van der Waals surface area contributed by atoms with E-state index < -0.39 is 17.6 Å². The van der Waals surface area contributed by atoms with Crippen molar-refractivity contribution in [2.75, 3.05) is 12.4 Å². The van der Waals surface area contributed by atoms with Crippen molar-refractivity contribution in [3.8, 4) is 11.4 Å². The number of alkyl halides is 3. The summed E-state index contributed by atoms with van der Waals surface area (Å²) in [6.45, 7) is 0. The van der Waals surface area contributed by atoms with Gasteiger partial charge in [0.25, 0.3) is 5.91 Å². The van der Waals surface area contributed by atoms with Crippen LogP contribution in [0.2, 0.25) is 0 Å². The maximum atomic E-state index is 12.6. The molecular formula is C18H14F3N3O2. The molecule has 0 saturated carbocycles. The topological polar surface area (TPSA) is 56.1 Å². The lowest BCUT2D eigenvalue weighted by atomic mass is 10.2. The summed E-state index contributed by atoms with van der Waals surface area (Å²) in [4.78, 5) is 12.2. The van der Waals surface area contributed by atoms with E-state index in [2.05, 4.69) is 10.4 Å². The number of aromatic nitrogens is 2. The van der Waals surface area contributed by atoms with E-state index in [4.69, 9.17) is 4.74 Å². The first kappa shape index (κ1) is 17.5. The van der Waals surface area contributed by atoms with Gasteiger partial charge in [0.2, 0.25) is 0 Å². The largest absolute Gasteiger partial charge is 0.497 e. The summed E-state index contributed by atoms with van der Waals surface area (Å²) in [5.74, 6) is 0.179. The highest BCUT2D eigenvalue weighted by Crippen LogP contribution is 2.29. The Morgan fingerprint density at radius 3 is 2.27 bits per heavy atom. The number of halogens is 3. The molecule has 8 heteroatoms. The van der Waals surface area contributed by atoms with Gasteiger partial charge in [-0.05, 0) is 54.6 Å². The maximum absolute atomic E-state index is 12.6. The lowest BCUT2D eigenvalue weighted by molar-refractivity contribution is -0.137. The molecule has 1 heterocycles. The number of nitrogens with zero attached hydrogens (tertiary/aromatic N) is 2. The van der Waals surface area contributed by atoms with E-state index in [1.807, 2.05) is 0 Å². The summed E-state index contributed by atoms with van der Waals surface area (Å²) in [7, 11) is 1.56. The Morgan fingerprint density at radius 1 is 1.04 bits per heavy atom. The van der Waals surface area contributed by atoms with Crippen molar-refractivity contribution in [3.63, 3.8) is 0 Å². The van der Waals surface area contributed by atoms with E-state index in [9.17, 15) is 18.0 Å². The number of hydrogen-bond acceptors (Lipinski definition) is 3. The van der Waals surface area contributed by atoms with Crippen LogP contribution in [0.15, 0.2) is 60.8 Å². The minimum Gasteiger partial charge on any atom is -0.497 e. The van der Waals surface area contributed by atoms with Gasteiger partial charge in [-0.25, -0.2) is 4.68 Å². The van der Waals surface area contributed by atoms with Crippen LogP contribution in [0.1, 0.15) is 16.1 Å². The number of methoxy groups -OCH3 is 1. The first-order valence-electron chi connectivity index (χ1n) is 7.55. The predicted molar refractivity (Wildman–Crippen MR) is 89.5 cm³/mol. The van der Waals surface area contributed by atoms with Crippen molar-refractivity contribution in [1.82, 2.24) is 9.78 Å². The first-order valence-corrected chi connectivity index (χ1v) is 7.55. The van der Waals surface area contributed by atoms with Gasteiger partial charge in [-0.15, -0.1) is 0 Å². The average Bonchev–Trinajstić information content (AvgIpc) is 3.12. The van der Waals surface area contributed by atoms with Gasteiger partial charge in [-0.1, -0.05) is 0 Å². The second-order valence-corrected chi connectivity index (χ2v) is 5.37. The Hall–Kier alpha value is -3.29. The molecule has 1 N–H and O–H groups in total. The fraction of sp³-hybridized carbons (Fsp3) is 0.111. The number of nitrogens with one attached hydrogen (secondary N) is 1. The molecule has 0 unspecified atom stereocenters. The normalized spacial score (nSPS) is 11.2. The number of ether oxygens (including phenoxy) is 1. The van der Waals surface area contributed by atoms with Gasteiger partial charge in [0, 0.05) is 11.9 Å². The third-order valence-corrected chi connectivity index (χ3v) is 3.63. The van der Waals surface area contributed by atoms with Gasteiger partial charge < -0.3 is 10.1 Å². The fourth-order valence-corrected chi connectivity index (χ4v) is 2.26. The molecule has 0 spiro atoms. The molecule has 1 aromatic heterocycles. The summed E-state index contributed by atoms with van der Waals surface area (Å²) in [5, 5.41) is 6.69. The summed E-state index contributed by atoms with van der Waals surface area (Å²) < 4.78 is 44.2. The van der Waals surface area contributed by atoms with Crippen LogP contribution in [-0.4, -0.2) is 22.8 Å². The average molecular weight is 361 g/mol. The van der Waals surface area contributed by atoms with Crippen molar-refractivity contribution in [1.29, 1.82) is 0 Å². The van der Waals surface area contributed by atoms with Crippen LogP contribution in [0, 0.1) is 0 Å². The van der Waals surface area contributed by atoms with Gasteiger partial charge >= 0.3 is 6.18 Å². The number of carbonyl (C=O) groups is 1. The van der Waals surface area contributed by atoms with Crippen LogP contribution >= 0.6 is 0 Å². The number of carbonyl (C=O) groups excluding carboxylic acids is 1. The highest BCUT2D eigenvalue weighted by molar-refractivity contribution is 6.02. The standard InChI is InChI=1S/C18H14F3N3O2/c1-26-15-8-6-14(7-9-15)24-11-10-16(23-24)17(25)22-13-4-2-12(3-5-13)18(19,20)21/h2-11H,1H3,(H,22,25). The molecule has 0 aliphatic heterocycles. The minimum absolute atomic E-state index is 0.140. The smallest absolute Gasteiger partial charge is 0.416 e. The van der Waals surface area contributed by atoms with Crippen molar-refractivity contribution in [2.45, 2.75) is 6.18 Å². The van der Waals surface area contributed by atoms with Gasteiger partial charge in [-0.3, -0.25) is 4.79 Å². The molecule has 0 radical (unpaired) electrons. The molecule has 26 heavy (non-hydrogen) atoms. The Labute approximate surface area is 147 Å². The summed E-state index contributed by atoms with van der Waals surface area (Å²) in [6.07, 6.45) is -2.80. The quantitative estimate of drug-likeness (QED) is 0.759. The zero-order valence-corrected chi connectivity index (χ0v) is 13.6. The molecule has 0 fully saturated rings. The molecule has 3 rings (SSSR count). The van der Waals surface area contributed by atoms with Crippen LogP contribution in [-0.2, 0) is 6.18 Å². The fourth-order valence-electron chi connectivity index (χ4n) is 2.26. The first-order chi connectivity index (χ1) is 12.4.